The molecule has 2 aromatic carbocycles. The Morgan fingerprint density at radius 1 is 0.889 bits per heavy atom. The molecule has 2 saturated heterocycles. The number of nitrogens with zero attached hydrogens (tertiary/aromatic N) is 7. The van der Waals surface area contributed by atoms with Gasteiger partial charge in [0, 0.05) is 95.3 Å². The summed E-state index contributed by atoms with van der Waals surface area (Å²) < 4.78 is 49.5. The second-order valence-corrected chi connectivity index (χ2v) is 17.4. The Bertz CT molecular complexity index is 2430. The van der Waals surface area contributed by atoms with Crippen LogP contribution in [-0.4, -0.2) is 115 Å². The van der Waals surface area contributed by atoms with Gasteiger partial charge in [-0.15, -0.1) is 0 Å². The number of aromatic nitrogens is 5. The number of hydrogen-bond donors (Lipinski definition) is 3. The molecule has 2 aliphatic heterocycles. The van der Waals surface area contributed by atoms with Crippen molar-refractivity contribution in [3.05, 3.63) is 76.5 Å². The van der Waals surface area contributed by atoms with E-state index in [2.05, 4.69) is 65.4 Å². The summed E-state index contributed by atoms with van der Waals surface area (Å²) in [6, 6.07) is 13.9. The molecule has 5 aromatic rings. The van der Waals surface area contributed by atoms with Crippen molar-refractivity contribution in [2.45, 2.75) is 102 Å². The number of carbonyl (C=O) groups excluding carboxylic acids is 2. The monoisotopic (exact) mass is 873 g/mol. The first kappa shape index (κ1) is 44.5. The average Bonchev–Trinajstić information content (AvgIpc) is 3.76. The zero-order valence-corrected chi connectivity index (χ0v) is 35.9. The number of aryl methyl sites for hydroxylation is 2. The Balaban J connectivity index is 0.753. The van der Waals surface area contributed by atoms with Crippen LogP contribution < -0.4 is 16.3 Å². The number of fused-ring (bicyclic) bond motifs is 2. The molecule has 1 saturated carbocycles. The highest BCUT2D eigenvalue weighted by Crippen LogP contribution is 2.37. The lowest BCUT2D eigenvalue weighted by atomic mass is 9.93. The summed E-state index contributed by atoms with van der Waals surface area (Å²) in [5, 5.41) is 16.1. The number of hydrogen-bond acceptors (Lipinski definition) is 10. The molecule has 2 amide bonds. The molecule has 3 N–H and O–H groups in total. The predicted octanol–water partition coefficient (Wildman–Crippen LogP) is 6.12. The molecule has 0 bridgehead atoms. The van der Waals surface area contributed by atoms with Crippen LogP contribution >= 0.6 is 0 Å². The number of nitrogens with one attached hydrogen (secondary N) is 2. The number of amides is 2. The van der Waals surface area contributed by atoms with E-state index in [1.165, 1.54) is 10.1 Å². The molecular weight excluding hydrogens is 816 g/mol. The van der Waals surface area contributed by atoms with Crippen molar-refractivity contribution < 1.29 is 32.6 Å². The largest absolute Gasteiger partial charge is 0.393 e. The van der Waals surface area contributed by atoms with E-state index in [-0.39, 0.29) is 42.7 Å². The summed E-state index contributed by atoms with van der Waals surface area (Å²) in [7, 11) is 1.71. The highest BCUT2D eigenvalue weighted by Gasteiger charge is 2.32. The second kappa shape index (κ2) is 19.7. The van der Waals surface area contributed by atoms with E-state index in [0.29, 0.717) is 37.0 Å². The van der Waals surface area contributed by atoms with Gasteiger partial charge in [-0.25, -0.2) is 9.78 Å². The second-order valence-electron chi connectivity index (χ2n) is 17.4. The number of imide groups is 1. The van der Waals surface area contributed by atoms with Crippen LogP contribution in [0.1, 0.15) is 87.4 Å². The molecule has 338 valence electrons. The lowest BCUT2D eigenvalue weighted by Crippen LogP contribution is -2.46. The zero-order valence-electron chi connectivity index (χ0n) is 35.9. The van der Waals surface area contributed by atoms with E-state index < -0.39 is 24.5 Å². The van der Waals surface area contributed by atoms with Gasteiger partial charge in [-0.05, 0) is 93.2 Å². The average molecular weight is 874 g/mol. The van der Waals surface area contributed by atoms with Gasteiger partial charge in [0.15, 0.2) is 0 Å². The molecule has 0 radical (unpaired) electrons. The number of benzene rings is 2. The molecule has 5 heterocycles. The van der Waals surface area contributed by atoms with Crippen LogP contribution in [0.25, 0.3) is 33.2 Å². The Labute approximate surface area is 364 Å². The number of imidazole rings is 1. The minimum Gasteiger partial charge on any atom is -0.393 e. The van der Waals surface area contributed by atoms with Gasteiger partial charge in [0.1, 0.15) is 11.7 Å². The third-order valence-electron chi connectivity index (χ3n) is 12.9. The number of unbranched alkanes of at least 4 members (excludes halogenated alkanes) is 1. The molecule has 0 spiro atoms. The third-order valence-corrected chi connectivity index (χ3v) is 12.9. The van der Waals surface area contributed by atoms with E-state index in [1.54, 1.807) is 17.8 Å². The standard InChI is InChI=1S/C46H58F3N9O5/c1-54-40-27-31(8-15-38(40)58(45(54)62)39-16-17-41(60)52-43(39)61)5-4-26-63-25-3-2-20-55-21-23-56(24-22-55)29-32-6-9-33(10-7-32)37-30-57(34-11-13-35(59)14-12-34)42-36(37)28-51-44(53-42)50-19-18-46(47,48)49/h6-10,15,27-28,30,34-35,39,59H,2-5,11-14,16-26,29H2,1H3,(H,50,51,53)(H,52,60,61)/t34-,35-,39-/m0/s1. The summed E-state index contributed by atoms with van der Waals surface area (Å²) in [6.07, 6.45) is 5.54. The molecule has 17 heteroatoms. The normalized spacial score (nSPS) is 20.5. The van der Waals surface area contributed by atoms with Gasteiger partial charge in [-0.1, -0.05) is 30.3 Å². The number of rotatable bonds is 17. The topological polar surface area (TPSA) is 152 Å². The number of halogens is 3. The maximum absolute atomic E-state index is 13.1. The molecule has 3 aromatic heterocycles. The van der Waals surface area contributed by atoms with Crippen molar-refractivity contribution in [1.82, 2.24) is 38.8 Å². The van der Waals surface area contributed by atoms with Crippen molar-refractivity contribution in [3.63, 3.8) is 0 Å². The van der Waals surface area contributed by atoms with Gasteiger partial charge in [0.2, 0.25) is 17.8 Å². The van der Waals surface area contributed by atoms with Gasteiger partial charge in [-0.3, -0.25) is 28.9 Å². The maximum atomic E-state index is 13.1. The lowest BCUT2D eigenvalue weighted by Gasteiger charge is -2.34. The first-order chi connectivity index (χ1) is 30.4. The van der Waals surface area contributed by atoms with Crippen LogP contribution in [0.15, 0.2) is 59.7 Å². The van der Waals surface area contributed by atoms with E-state index in [4.69, 9.17) is 4.74 Å². The zero-order chi connectivity index (χ0) is 44.1. The molecule has 1 atom stereocenters. The van der Waals surface area contributed by atoms with E-state index >= 15 is 0 Å². The van der Waals surface area contributed by atoms with Gasteiger partial charge < -0.3 is 24.6 Å². The lowest BCUT2D eigenvalue weighted by molar-refractivity contribution is -0.136. The number of aliphatic hydroxyl groups is 1. The summed E-state index contributed by atoms with van der Waals surface area (Å²) in [5.74, 6) is -0.564. The van der Waals surface area contributed by atoms with Crippen molar-refractivity contribution in [2.24, 2.45) is 7.05 Å². The number of piperazine rings is 1. The highest BCUT2D eigenvalue weighted by atomic mass is 19.4. The van der Waals surface area contributed by atoms with E-state index in [9.17, 15) is 32.7 Å². The Morgan fingerprint density at radius 2 is 1.62 bits per heavy atom. The number of aliphatic hydroxyl groups excluding tert-OH is 1. The van der Waals surface area contributed by atoms with Crippen LogP contribution in [0.4, 0.5) is 19.1 Å². The molecule has 3 fully saturated rings. The highest BCUT2D eigenvalue weighted by molar-refractivity contribution is 6.00. The van der Waals surface area contributed by atoms with Crippen LogP contribution in [-0.2, 0) is 34.3 Å². The summed E-state index contributed by atoms with van der Waals surface area (Å²) in [6.45, 7) is 7.05. The van der Waals surface area contributed by atoms with Gasteiger partial charge >= 0.3 is 11.9 Å². The fraction of sp³-hybridized carbons (Fsp3) is 0.543. The van der Waals surface area contributed by atoms with Crippen molar-refractivity contribution in [3.8, 4) is 11.1 Å². The fourth-order valence-electron chi connectivity index (χ4n) is 9.31. The van der Waals surface area contributed by atoms with E-state index in [0.717, 1.165) is 112 Å². The van der Waals surface area contributed by atoms with Crippen LogP contribution in [0.2, 0.25) is 0 Å². The molecule has 8 rings (SSSR count). The quantitative estimate of drug-likeness (QED) is 0.0737. The van der Waals surface area contributed by atoms with Crippen molar-refractivity contribution >= 4 is 39.8 Å². The van der Waals surface area contributed by atoms with Crippen molar-refractivity contribution in [2.75, 3.05) is 57.8 Å². The Hall–Kier alpha value is -5.10. The molecular formula is C46H58F3N9O5. The fourth-order valence-corrected chi connectivity index (χ4v) is 9.31. The Kier molecular flexibility index (Phi) is 13.9. The predicted molar refractivity (Wildman–Crippen MR) is 234 cm³/mol. The minimum absolute atomic E-state index is 0.136. The van der Waals surface area contributed by atoms with Gasteiger partial charge in [0.25, 0.3) is 0 Å². The number of anilines is 1. The smallest absolute Gasteiger partial charge is 0.390 e. The summed E-state index contributed by atoms with van der Waals surface area (Å²) in [4.78, 5) is 51.3. The van der Waals surface area contributed by atoms with Crippen LogP contribution in [0.3, 0.4) is 0 Å². The third kappa shape index (κ3) is 10.8. The molecule has 1 aliphatic carbocycles. The van der Waals surface area contributed by atoms with Crippen molar-refractivity contribution in [1.29, 1.82) is 0 Å². The first-order valence-electron chi connectivity index (χ1n) is 22.4. The van der Waals surface area contributed by atoms with Crippen LogP contribution in [0.5, 0.6) is 0 Å². The number of alkyl halides is 3. The number of piperidine rings is 1. The molecule has 14 nitrogen and oxygen atoms in total. The molecule has 3 aliphatic rings. The summed E-state index contributed by atoms with van der Waals surface area (Å²) >= 11 is 0. The van der Waals surface area contributed by atoms with Gasteiger partial charge in [0.05, 0.1) is 23.6 Å². The van der Waals surface area contributed by atoms with Gasteiger partial charge in [-0.2, -0.15) is 18.2 Å². The molecule has 63 heavy (non-hydrogen) atoms. The SMILES string of the molecule is Cn1c(=O)n([C@H]2CCC(=O)NC2=O)c2ccc(CCCOCCCCN3CCN(Cc4ccc(-c5cn([C@H]6CC[C@H](O)CC6)c6nc(NCCC(F)(F)F)ncc56)cc4)CC3)cc21. The number of ether oxygens (including phenoxy) is 1. The maximum Gasteiger partial charge on any atom is 0.390 e. The molecule has 0 unspecified atom stereocenters. The number of carbonyl (C=O) groups is 2. The summed E-state index contributed by atoms with van der Waals surface area (Å²) in [5.41, 5.74) is 6.23. The first-order valence-corrected chi connectivity index (χ1v) is 22.4. The Morgan fingerprint density at radius 3 is 2.37 bits per heavy atom. The minimum atomic E-state index is -4.26. The van der Waals surface area contributed by atoms with Crippen LogP contribution in [0, 0.1) is 0 Å². The van der Waals surface area contributed by atoms with E-state index in [1.807, 2.05) is 18.2 Å².